The average Bonchev–Trinajstić information content (AvgIpc) is 2.30. The lowest BCUT2D eigenvalue weighted by Crippen LogP contribution is -1.66. The zero-order valence-electron chi connectivity index (χ0n) is 10.2. The third kappa shape index (κ3) is 24.5. The first-order valence-electron chi connectivity index (χ1n) is 5.64. The molecule has 0 atom stereocenters. The van der Waals surface area contributed by atoms with Crippen molar-refractivity contribution in [2.45, 2.75) is 46.5 Å². The topological polar surface area (TPSA) is 23.8 Å². The molecular weight excluding hydrogens is 182 g/mol. The minimum Gasteiger partial charge on any atom is -0.199 e. The van der Waals surface area contributed by atoms with Crippen LogP contribution in [-0.4, -0.2) is 0 Å². The lowest BCUT2D eigenvalue weighted by atomic mass is 10.2. The van der Waals surface area contributed by atoms with Crippen LogP contribution in [0.4, 0.5) is 0 Å². The maximum absolute atomic E-state index is 7.32. The van der Waals surface area contributed by atoms with Gasteiger partial charge in [-0.1, -0.05) is 75.9 Å². The number of benzene rings is 1. The van der Waals surface area contributed by atoms with Crippen LogP contribution in [0.5, 0.6) is 0 Å². The molecule has 0 aliphatic heterocycles. The number of rotatable bonds is 3. The lowest BCUT2D eigenvalue weighted by molar-refractivity contribution is 0.702. The van der Waals surface area contributed by atoms with E-state index in [-0.39, 0.29) is 0 Å². The van der Waals surface area contributed by atoms with Gasteiger partial charge in [0.1, 0.15) is 0 Å². The fourth-order valence-corrected chi connectivity index (χ4v) is 0.885. The lowest BCUT2D eigenvalue weighted by Gasteiger charge is -1.86. The normalized spacial score (nSPS) is 7.33. The summed E-state index contributed by atoms with van der Waals surface area (Å²) >= 11 is 0. The summed E-state index contributed by atoms with van der Waals surface area (Å²) in [7, 11) is 0. The maximum Gasteiger partial charge on any atom is 0.0587 e. The molecule has 1 aromatic carbocycles. The minimum absolute atomic E-state index is 1.36. The average molecular weight is 205 g/mol. The largest absolute Gasteiger partial charge is 0.199 e. The van der Waals surface area contributed by atoms with Gasteiger partial charge in [0, 0.05) is 6.92 Å². The molecule has 0 aliphatic rings. The molecule has 1 aromatic rings. The second kappa shape index (κ2) is 18.5. The molecule has 0 unspecified atom stereocenters. The Kier molecular flexibility index (Phi) is 19.9. The molecule has 0 aliphatic carbocycles. The van der Waals surface area contributed by atoms with E-state index in [1.807, 2.05) is 36.4 Å². The summed E-state index contributed by atoms with van der Waals surface area (Å²) in [5, 5.41) is 7.32. The highest BCUT2D eigenvalue weighted by Gasteiger charge is 1.75. The summed E-state index contributed by atoms with van der Waals surface area (Å²) in [5.74, 6) is 0. The van der Waals surface area contributed by atoms with Crippen molar-refractivity contribution in [3.05, 3.63) is 36.4 Å². The third-order valence-electron chi connectivity index (χ3n) is 1.62. The predicted molar refractivity (Wildman–Crippen MR) is 67.5 cm³/mol. The fourth-order valence-electron chi connectivity index (χ4n) is 0.885. The van der Waals surface area contributed by atoms with Crippen LogP contribution < -0.4 is 0 Å². The second-order valence-electron chi connectivity index (χ2n) is 3.09. The summed E-state index contributed by atoms with van der Waals surface area (Å²) in [6.07, 6.45) is 5.54. The first kappa shape index (κ1) is 16.2. The van der Waals surface area contributed by atoms with Gasteiger partial charge in [-0.3, -0.25) is 0 Å². The Balaban J connectivity index is 0. The number of hydrogen-bond donors (Lipinski definition) is 0. The van der Waals surface area contributed by atoms with E-state index in [0.717, 1.165) is 0 Å². The van der Waals surface area contributed by atoms with Gasteiger partial charge in [-0.15, -0.1) is 0 Å². The van der Waals surface area contributed by atoms with Crippen LogP contribution in [0.1, 0.15) is 46.5 Å². The predicted octanol–water partition coefficient (Wildman–Crippen LogP) is 4.80. The molecule has 0 heterocycles. The van der Waals surface area contributed by atoms with Crippen molar-refractivity contribution in [2.75, 3.05) is 0 Å². The monoisotopic (exact) mass is 205 g/mol. The van der Waals surface area contributed by atoms with E-state index in [1.165, 1.54) is 32.6 Å². The number of unbranched alkanes of at least 4 members (excludes halogenated alkanes) is 3. The molecule has 15 heavy (non-hydrogen) atoms. The van der Waals surface area contributed by atoms with Gasteiger partial charge in [-0.25, -0.2) is 0 Å². The van der Waals surface area contributed by atoms with E-state index in [1.54, 1.807) is 6.07 Å². The van der Waals surface area contributed by atoms with Gasteiger partial charge in [0.25, 0.3) is 0 Å². The van der Waals surface area contributed by atoms with Gasteiger partial charge in [0.2, 0.25) is 0 Å². The van der Waals surface area contributed by atoms with Crippen molar-refractivity contribution >= 4 is 0 Å². The van der Waals surface area contributed by atoms with Crippen LogP contribution in [0.3, 0.4) is 0 Å². The van der Waals surface area contributed by atoms with Gasteiger partial charge in [0.05, 0.1) is 6.07 Å². The van der Waals surface area contributed by atoms with Crippen LogP contribution in [0.15, 0.2) is 36.4 Å². The molecule has 0 saturated heterocycles. The maximum atomic E-state index is 7.32. The smallest absolute Gasteiger partial charge is 0.0587 e. The molecule has 0 amide bonds. The van der Waals surface area contributed by atoms with Crippen molar-refractivity contribution in [3.8, 4) is 6.07 Å². The van der Waals surface area contributed by atoms with E-state index < -0.39 is 0 Å². The van der Waals surface area contributed by atoms with E-state index in [4.69, 9.17) is 5.26 Å². The minimum atomic E-state index is 1.36. The molecule has 1 rings (SSSR count). The highest BCUT2D eigenvalue weighted by atomic mass is 14.2. The Labute approximate surface area is 94.8 Å². The molecule has 0 fully saturated rings. The summed E-state index contributed by atoms with van der Waals surface area (Å²) < 4.78 is 0. The SMILES string of the molecule is CC#N.CCCCCC.c1ccccc1. The van der Waals surface area contributed by atoms with Crippen LogP contribution in [0.2, 0.25) is 0 Å². The molecule has 0 saturated carbocycles. The molecule has 0 radical (unpaired) electrons. The summed E-state index contributed by atoms with van der Waals surface area (Å²) in [6.45, 7) is 5.89. The summed E-state index contributed by atoms with van der Waals surface area (Å²) in [4.78, 5) is 0. The van der Waals surface area contributed by atoms with E-state index >= 15 is 0 Å². The Morgan fingerprint density at radius 3 is 1.13 bits per heavy atom. The van der Waals surface area contributed by atoms with E-state index in [0.29, 0.717) is 0 Å². The molecule has 1 nitrogen and oxygen atoms in total. The van der Waals surface area contributed by atoms with E-state index in [9.17, 15) is 0 Å². The molecule has 0 spiro atoms. The Morgan fingerprint density at radius 2 is 1.00 bits per heavy atom. The quantitative estimate of drug-likeness (QED) is 0.650. The van der Waals surface area contributed by atoms with Gasteiger partial charge in [0.15, 0.2) is 0 Å². The molecule has 0 bridgehead atoms. The number of hydrogen-bond acceptors (Lipinski definition) is 1. The van der Waals surface area contributed by atoms with Crippen molar-refractivity contribution < 1.29 is 0 Å². The van der Waals surface area contributed by atoms with Crippen molar-refractivity contribution in [3.63, 3.8) is 0 Å². The standard InChI is InChI=1S/C6H6.C6H14.C2H3N/c1-2-4-6-5-3-1;1-3-5-6-4-2;1-2-3/h1-6H;3-6H2,1-2H3;1H3. The highest BCUT2D eigenvalue weighted by molar-refractivity contribution is 4.99. The summed E-state index contributed by atoms with van der Waals surface area (Å²) in [6, 6.07) is 13.8. The Morgan fingerprint density at radius 1 is 0.800 bits per heavy atom. The fraction of sp³-hybridized carbons (Fsp3) is 0.500. The first-order chi connectivity index (χ1) is 7.33. The van der Waals surface area contributed by atoms with Crippen molar-refractivity contribution in [2.24, 2.45) is 0 Å². The van der Waals surface area contributed by atoms with Gasteiger partial charge < -0.3 is 0 Å². The van der Waals surface area contributed by atoms with Gasteiger partial charge >= 0.3 is 0 Å². The van der Waals surface area contributed by atoms with Gasteiger partial charge in [-0.05, 0) is 0 Å². The van der Waals surface area contributed by atoms with Crippen LogP contribution in [-0.2, 0) is 0 Å². The zero-order valence-corrected chi connectivity index (χ0v) is 10.2. The van der Waals surface area contributed by atoms with Crippen LogP contribution in [0, 0.1) is 11.3 Å². The third-order valence-corrected chi connectivity index (χ3v) is 1.62. The van der Waals surface area contributed by atoms with Crippen LogP contribution >= 0.6 is 0 Å². The number of nitriles is 1. The second-order valence-corrected chi connectivity index (χ2v) is 3.09. The van der Waals surface area contributed by atoms with E-state index in [2.05, 4.69) is 13.8 Å². The van der Waals surface area contributed by atoms with Crippen LogP contribution in [0.25, 0.3) is 0 Å². The Bertz CT molecular complexity index is 180. The molecule has 0 N–H and O–H groups in total. The summed E-state index contributed by atoms with van der Waals surface area (Å²) in [5.41, 5.74) is 0. The molecule has 0 aromatic heterocycles. The first-order valence-corrected chi connectivity index (χ1v) is 5.64. The number of nitrogens with zero attached hydrogens (tertiary/aromatic N) is 1. The molecular formula is C14H23N. The highest BCUT2D eigenvalue weighted by Crippen LogP contribution is 1.95. The Hall–Kier alpha value is -1.29. The molecule has 1 heteroatoms. The van der Waals surface area contributed by atoms with Crippen molar-refractivity contribution in [1.82, 2.24) is 0 Å². The zero-order chi connectivity index (χ0) is 11.8. The van der Waals surface area contributed by atoms with Gasteiger partial charge in [-0.2, -0.15) is 5.26 Å². The molecule has 84 valence electrons. The van der Waals surface area contributed by atoms with Crippen molar-refractivity contribution in [1.29, 1.82) is 5.26 Å².